The summed E-state index contributed by atoms with van der Waals surface area (Å²) in [5.41, 5.74) is -0.132. The van der Waals surface area contributed by atoms with E-state index in [4.69, 9.17) is 5.11 Å². The number of aliphatic carboxylic acids is 1. The summed E-state index contributed by atoms with van der Waals surface area (Å²) in [5, 5.41) is 9.04. The molecule has 0 spiro atoms. The maximum atomic E-state index is 14.0. The van der Waals surface area contributed by atoms with Gasteiger partial charge in [0.1, 0.15) is 17.5 Å². The van der Waals surface area contributed by atoms with Crippen molar-refractivity contribution in [2.75, 3.05) is 0 Å². The van der Waals surface area contributed by atoms with Gasteiger partial charge < -0.3 is 9.67 Å². The number of aromatic nitrogens is 2. The molecule has 116 valence electrons. The summed E-state index contributed by atoms with van der Waals surface area (Å²) in [6.45, 7) is 0. The lowest BCUT2D eigenvalue weighted by atomic mass is 9.86. The summed E-state index contributed by atoms with van der Waals surface area (Å²) < 4.78 is 29.7. The van der Waals surface area contributed by atoms with Gasteiger partial charge in [0.15, 0.2) is 0 Å². The van der Waals surface area contributed by atoms with E-state index in [9.17, 15) is 13.6 Å². The van der Waals surface area contributed by atoms with Crippen molar-refractivity contribution in [2.24, 2.45) is 5.92 Å². The average molecular weight is 306 g/mol. The largest absolute Gasteiger partial charge is 0.481 e. The van der Waals surface area contributed by atoms with Crippen LogP contribution in [0.25, 0.3) is 11.4 Å². The van der Waals surface area contributed by atoms with E-state index in [1.54, 1.807) is 10.8 Å². The fraction of sp³-hybridized carbons (Fsp3) is 0.375. The Morgan fingerprint density at radius 2 is 1.82 bits per heavy atom. The molecular weight excluding hydrogens is 290 g/mol. The van der Waals surface area contributed by atoms with Gasteiger partial charge in [0.2, 0.25) is 0 Å². The van der Waals surface area contributed by atoms with E-state index in [1.165, 1.54) is 24.4 Å². The highest BCUT2D eigenvalue weighted by atomic mass is 19.1. The van der Waals surface area contributed by atoms with Crippen molar-refractivity contribution in [3.63, 3.8) is 0 Å². The maximum Gasteiger partial charge on any atom is 0.306 e. The van der Waals surface area contributed by atoms with Crippen LogP contribution in [0.15, 0.2) is 30.6 Å². The molecule has 0 amide bonds. The maximum absolute atomic E-state index is 14.0. The van der Waals surface area contributed by atoms with E-state index in [-0.39, 0.29) is 23.3 Å². The summed E-state index contributed by atoms with van der Waals surface area (Å²) in [6, 6.07) is 3.75. The SMILES string of the molecule is O=C(O)C1CCC(n2ccnc2-c2c(F)cccc2F)CC1. The molecule has 4 nitrogen and oxygen atoms in total. The summed E-state index contributed by atoms with van der Waals surface area (Å²) in [7, 11) is 0. The molecule has 1 aliphatic carbocycles. The first kappa shape index (κ1) is 14.7. The minimum Gasteiger partial charge on any atom is -0.481 e. The third kappa shape index (κ3) is 2.61. The van der Waals surface area contributed by atoms with Gasteiger partial charge in [0.05, 0.1) is 11.5 Å². The molecule has 0 saturated heterocycles. The van der Waals surface area contributed by atoms with Gasteiger partial charge in [-0.2, -0.15) is 0 Å². The zero-order valence-corrected chi connectivity index (χ0v) is 11.9. The van der Waals surface area contributed by atoms with E-state index < -0.39 is 17.6 Å². The van der Waals surface area contributed by atoms with Crippen LogP contribution in [-0.4, -0.2) is 20.6 Å². The van der Waals surface area contributed by atoms with Crippen LogP contribution < -0.4 is 0 Å². The molecule has 0 unspecified atom stereocenters. The van der Waals surface area contributed by atoms with Gasteiger partial charge in [0.25, 0.3) is 0 Å². The summed E-state index contributed by atoms with van der Waals surface area (Å²) in [5.74, 6) is -2.13. The molecule has 1 fully saturated rings. The van der Waals surface area contributed by atoms with E-state index in [0.717, 1.165) is 0 Å². The zero-order valence-electron chi connectivity index (χ0n) is 11.9. The Balaban J connectivity index is 1.89. The van der Waals surface area contributed by atoms with Crippen LogP contribution in [0.1, 0.15) is 31.7 Å². The van der Waals surface area contributed by atoms with Gasteiger partial charge >= 0.3 is 5.97 Å². The molecular formula is C16H16F2N2O2. The molecule has 2 aromatic rings. The topological polar surface area (TPSA) is 55.1 Å². The Labute approximate surface area is 126 Å². The van der Waals surface area contributed by atoms with Crippen molar-refractivity contribution in [3.8, 4) is 11.4 Å². The van der Waals surface area contributed by atoms with E-state index in [2.05, 4.69) is 4.98 Å². The molecule has 0 aliphatic heterocycles. The standard InChI is InChI=1S/C16H16F2N2O2/c17-12-2-1-3-13(18)14(12)15-19-8-9-20(15)11-6-4-10(5-7-11)16(21)22/h1-3,8-11H,4-7H2,(H,21,22). The van der Waals surface area contributed by atoms with Crippen LogP contribution in [0.2, 0.25) is 0 Å². The van der Waals surface area contributed by atoms with Crippen molar-refractivity contribution >= 4 is 5.97 Å². The highest BCUT2D eigenvalue weighted by Crippen LogP contribution is 2.35. The zero-order chi connectivity index (χ0) is 15.7. The lowest BCUT2D eigenvalue weighted by Crippen LogP contribution is -2.23. The third-order valence-corrected chi connectivity index (χ3v) is 4.29. The smallest absolute Gasteiger partial charge is 0.306 e. The highest BCUT2D eigenvalue weighted by Gasteiger charge is 2.28. The first-order valence-corrected chi connectivity index (χ1v) is 7.28. The van der Waals surface area contributed by atoms with E-state index >= 15 is 0 Å². The van der Waals surface area contributed by atoms with Crippen molar-refractivity contribution < 1.29 is 18.7 Å². The number of carboxylic acids is 1. The van der Waals surface area contributed by atoms with Crippen LogP contribution in [0, 0.1) is 17.6 Å². The second-order valence-corrected chi connectivity index (χ2v) is 5.60. The first-order valence-electron chi connectivity index (χ1n) is 7.28. The predicted molar refractivity (Wildman–Crippen MR) is 76.2 cm³/mol. The van der Waals surface area contributed by atoms with E-state index in [0.29, 0.717) is 25.7 Å². The summed E-state index contributed by atoms with van der Waals surface area (Å²) in [4.78, 5) is 15.1. The first-order chi connectivity index (χ1) is 10.6. The van der Waals surface area contributed by atoms with Crippen molar-refractivity contribution in [3.05, 3.63) is 42.2 Å². The fourth-order valence-corrected chi connectivity index (χ4v) is 3.11. The molecule has 3 rings (SSSR count). The molecule has 22 heavy (non-hydrogen) atoms. The quantitative estimate of drug-likeness (QED) is 0.942. The monoisotopic (exact) mass is 306 g/mol. The summed E-state index contributed by atoms with van der Waals surface area (Å²) >= 11 is 0. The van der Waals surface area contributed by atoms with Crippen molar-refractivity contribution in [1.82, 2.24) is 9.55 Å². The van der Waals surface area contributed by atoms with Crippen molar-refractivity contribution in [2.45, 2.75) is 31.7 Å². The van der Waals surface area contributed by atoms with Crippen LogP contribution >= 0.6 is 0 Å². The Morgan fingerprint density at radius 3 is 2.41 bits per heavy atom. The Morgan fingerprint density at radius 1 is 1.18 bits per heavy atom. The Hall–Kier alpha value is -2.24. The number of hydrogen-bond donors (Lipinski definition) is 1. The number of nitrogens with zero attached hydrogens (tertiary/aromatic N) is 2. The van der Waals surface area contributed by atoms with Crippen LogP contribution in [0.3, 0.4) is 0 Å². The summed E-state index contributed by atoms with van der Waals surface area (Å²) in [6.07, 6.45) is 5.68. The van der Waals surface area contributed by atoms with Crippen LogP contribution in [0.4, 0.5) is 8.78 Å². The van der Waals surface area contributed by atoms with Gasteiger partial charge in [-0.25, -0.2) is 13.8 Å². The fourth-order valence-electron chi connectivity index (χ4n) is 3.11. The molecule has 1 N–H and O–H groups in total. The molecule has 1 aromatic carbocycles. The molecule has 0 bridgehead atoms. The molecule has 6 heteroatoms. The Kier molecular flexibility index (Phi) is 3.92. The van der Waals surface area contributed by atoms with Gasteiger partial charge in [-0.15, -0.1) is 0 Å². The van der Waals surface area contributed by atoms with Crippen LogP contribution in [-0.2, 0) is 4.79 Å². The van der Waals surface area contributed by atoms with Crippen LogP contribution in [0.5, 0.6) is 0 Å². The average Bonchev–Trinajstić information content (AvgIpc) is 2.96. The highest BCUT2D eigenvalue weighted by molar-refractivity contribution is 5.70. The molecule has 0 atom stereocenters. The number of benzene rings is 1. The number of halogens is 2. The Bertz CT molecular complexity index is 671. The minimum absolute atomic E-state index is 0.0205. The molecule has 1 heterocycles. The number of imidazole rings is 1. The van der Waals surface area contributed by atoms with E-state index in [1.807, 2.05) is 0 Å². The second kappa shape index (κ2) is 5.87. The minimum atomic E-state index is -0.774. The number of rotatable bonds is 3. The number of hydrogen-bond acceptors (Lipinski definition) is 2. The molecule has 1 aliphatic rings. The molecule has 1 aromatic heterocycles. The lowest BCUT2D eigenvalue weighted by Gasteiger charge is -2.28. The van der Waals surface area contributed by atoms with Gasteiger partial charge in [0, 0.05) is 18.4 Å². The van der Waals surface area contributed by atoms with Crippen molar-refractivity contribution in [1.29, 1.82) is 0 Å². The molecule has 1 saturated carbocycles. The molecule has 0 radical (unpaired) electrons. The van der Waals surface area contributed by atoms with Gasteiger partial charge in [-0.3, -0.25) is 4.79 Å². The number of carbonyl (C=O) groups is 1. The van der Waals surface area contributed by atoms with Gasteiger partial charge in [-0.05, 0) is 37.8 Å². The number of carboxylic acid groups (broad SMARTS) is 1. The lowest BCUT2D eigenvalue weighted by molar-refractivity contribution is -0.143. The third-order valence-electron chi connectivity index (χ3n) is 4.29. The second-order valence-electron chi connectivity index (χ2n) is 5.60. The van der Waals surface area contributed by atoms with Gasteiger partial charge in [-0.1, -0.05) is 6.07 Å². The normalized spacial score (nSPS) is 21.7. The predicted octanol–water partition coefficient (Wildman–Crippen LogP) is 3.64.